The van der Waals surface area contributed by atoms with Gasteiger partial charge in [-0.2, -0.15) is 4.98 Å². The molecule has 2 aromatic carbocycles. The van der Waals surface area contributed by atoms with Crippen molar-refractivity contribution in [3.63, 3.8) is 0 Å². The summed E-state index contributed by atoms with van der Waals surface area (Å²) < 4.78 is 28.4. The summed E-state index contributed by atoms with van der Waals surface area (Å²) in [7, 11) is 0. The zero-order valence-corrected chi connectivity index (χ0v) is 14.2. The molecular formula is C17H13BrF2N4. The first-order chi connectivity index (χ1) is 11.5. The highest BCUT2D eigenvalue weighted by Gasteiger charge is 2.11. The van der Waals surface area contributed by atoms with Crippen LogP contribution in [0.4, 0.5) is 31.9 Å². The first kappa shape index (κ1) is 16.3. The number of anilines is 4. The van der Waals surface area contributed by atoms with Gasteiger partial charge in [-0.15, -0.1) is 0 Å². The lowest BCUT2D eigenvalue weighted by Gasteiger charge is -2.11. The van der Waals surface area contributed by atoms with Crippen molar-refractivity contribution in [3.8, 4) is 0 Å². The molecule has 0 fully saturated rings. The average molecular weight is 391 g/mol. The molecule has 0 saturated heterocycles. The van der Waals surface area contributed by atoms with Gasteiger partial charge in [-0.3, -0.25) is 0 Å². The first-order valence-electron chi connectivity index (χ1n) is 7.11. The summed E-state index contributed by atoms with van der Waals surface area (Å²) >= 11 is 3.43. The molecule has 0 unspecified atom stereocenters. The molecule has 3 rings (SSSR count). The van der Waals surface area contributed by atoms with E-state index in [-0.39, 0.29) is 5.69 Å². The van der Waals surface area contributed by atoms with Crippen LogP contribution in [0.3, 0.4) is 0 Å². The normalized spacial score (nSPS) is 10.5. The highest BCUT2D eigenvalue weighted by Crippen LogP contribution is 2.26. The molecule has 0 aliphatic rings. The first-order valence-corrected chi connectivity index (χ1v) is 7.90. The third-order valence-corrected chi connectivity index (χ3v) is 3.88. The number of benzene rings is 2. The van der Waals surface area contributed by atoms with E-state index in [1.165, 1.54) is 18.2 Å². The van der Waals surface area contributed by atoms with Crippen LogP contribution < -0.4 is 10.6 Å². The second kappa shape index (κ2) is 6.92. The molecule has 24 heavy (non-hydrogen) atoms. The van der Waals surface area contributed by atoms with Crippen LogP contribution in [0.5, 0.6) is 0 Å². The maximum absolute atomic E-state index is 13.8. The summed E-state index contributed by atoms with van der Waals surface area (Å²) in [6.07, 6.45) is 0. The fourth-order valence-corrected chi connectivity index (χ4v) is 2.50. The quantitative estimate of drug-likeness (QED) is 0.633. The number of nitrogens with zero attached hydrogens (tertiary/aromatic N) is 2. The van der Waals surface area contributed by atoms with Gasteiger partial charge in [0.25, 0.3) is 0 Å². The Morgan fingerprint density at radius 2 is 1.62 bits per heavy atom. The zero-order valence-electron chi connectivity index (χ0n) is 12.6. The van der Waals surface area contributed by atoms with Crippen molar-refractivity contribution < 1.29 is 8.78 Å². The van der Waals surface area contributed by atoms with Gasteiger partial charge in [0, 0.05) is 16.2 Å². The van der Waals surface area contributed by atoms with Gasteiger partial charge in [-0.25, -0.2) is 13.8 Å². The molecule has 0 spiro atoms. The van der Waals surface area contributed by atoms with E-state index in [0.717, 1.165) is 10.2 Å². The molecule has 1 heterocycles. The summed E-state index contributed by atoms with van der Waals surface area (Å²) in [5, 5.41) is 5.74. The standard InChI is InChI=1S/C17H13BrF2N4/c1-10-9-15(23-16-12(19)6-4-7-13(16)20)24-17(21-10)22-14-8-3-2-5-11(14)18/h2-9H,1H3,(H2,21,22,23,24). The Hall–Kier alpha value is -2.54. The number of nitrogens with one attached hydrogen (secondary N) is 2. The summed E-state index contributed by atoms with van der Waals surface area (Å²) in [5.41, 5.74) is 1.19. The van der Waals surface area contributed by atoms with Gasteiger partial charge in [0.2, 0.25) is 5.95 Å². The summed E-state index contributed by atoms with van der Waals surface area (Å²) in [6.45, 7) is 1.77. The van der Waals surface area contributed by atoms with Crippen LogP contribution in [0, 0.1) is 18.6 Å². The Balaban J connectivity index is 1.91. The highest BCUT2D eigenvalue weighted by atomic mass is 79.9. The molecule has 0 bridgehead atoms. The number of halogens is 3. The fourth-order valence-electron chi connectivity index (χ4n) is 2.12. The highest BCUT2D eigenvalue weighted by molar-refractivity contribution is 9.10. The van der Waals surface area contributed by atoms with Gasteiger partial charge in [0.15, 0.2) is 0 Å². The van der Waals surface area contributed by atoms with Crippen molar-refractivity contribution in [1.29, 1.82) is 0 Å². The number of hydrogen-bond donors (Lipinski definition) is 2. The van der Waals surface area contributed by atoms with E-state index in [1.54, 1.807) is 13.0 Å². The zero-order chi connectivity index (χ0) is 17.1. The Bertz CT molecular complexity index is 866. The third kappa shape index (κ3) is 3.68. The predicted molar refractivity (Wildman–Crippen MR) is 93.8 cm³/mol. The van der Waals surface area contributed by atoms with E-state index >= 15 is 0 Å². The molecule has 0 saturated carbocycles. The number of rotatable bonds is 4. The van der Waals surface area contributed by atoms with Crippen molar-refractivity contribution >= 4 is 39.1 Å². The maximum Gasteiger partial charge on any atom is 0.229 e. The number of aryl methyl sites for hydroxylation is 1. The summed E-state index contributed by atoms with van der Waals surface area (Å²) in [4.78, 5) is 8.55. The number of hydrogen-bond acceptors (Lipinski definition) is 4. The minimum Gasteiger partial charge on any atom is -0.335 e. The van der Waals surface area contributed by atoms with Crippen molar-refractivity contribution in [1.82, 2.24) is 9.97 Å². The Morgan fingerprint density at radius 3 is 2.33 bits per heavy atom. The average Bonchev–Trinajstić information content (AvgIpc) is 2.53. The minimum atomic E-state index is -0.688. The van der Waals surface area contributed by atoms with E-state index in [9.17, 15) is 8.78 Å². The minimum absolute atomic E-state index is 0.248. The molecule has 4 nitrogen and oxygen atoms in total. The molecule has 7 heteroatoms. The van der Waals surface area contributed by atoms with Crippen molar-refractivity contribution in [2.75, 3.05) is 10.6 Å². The molecule has 0 aliphatic carbocycles. The van der Waals surface area contributed by atoms with Crippen LogP contribution in [0.2, 0.25) is 0 Å². The lowest BCUT2D eigenvalue weighted by Crippen LogP contribution is -2.04. The van der Waals surface area contributed by atoms with E-state index in [4.69, 9.17) is 0 Å². The van der Waals surface area contributed by atoms with Crippen molar-refractivity contribution in [2.24, 2.45) is 0 Å². The lowest BCUT2D eigenvalue weighted by molar-refractivity contribution is 0.590. The van der Waals surface area contributed by atoms with Crippen LogP contribution in [0.15, 0.2) is 53.0 Å². The molecule has 0 radical (unpaired) electrons. The lowest BCUT2D eigenvalue weighted by atomic mass is 10.3. The van der Waals surface area contributed by atoms with Gasteiger partial charge >= 0.3 is 0 Å². The topological polar surface area (TPSA) is 49.8 Å². The van der Waals surface area contributed by atoms with Crippen LogP contribution >= 0.6 is 15.9 Å². The van der Waals surface area contributed by atoms with Gasteiger partial charge in [0.1, 0.15) is 23.1 Å². The Labute approximate surface area is 146 Å². The smallest absolute Gasteiger partial charge is 0.229 e. The molecule has 122 valence electrons. The summed E-state index contributed by atoms with van der Waals surface area (Å²) in [6, 6.07) is 12.8. The van der Waals surface area contributed by atoms with Gasteiger partial charge < -0.3 is 10.6 Å². The Morgan fingerprint density at radius 1 is 0.917 bits per heavy atom. The van der Waals surface area contributed by atoms with Gasteiger partial charge in [0.05, 0.1) is 5.69 Å². The largest absolute Gasteiger partial charge is 0.335 e. The van der Waals surface area contributed by atoms with E-state index in [0.29, 0.717) is 17.5 Å². The van der Waals surface area contributed by atoms with E-state index in [1.807, 2.05) is 24.3 Å². The molecule has 1 aromatic heterocycles. The van der Waals surface area contributed by atoms with Crippen molar-refractivity contribution in [3.05, 3.63) is 70.3 Å². The van der Waals surface area contributed by atoms with Crippen LogP contribution in [-0.2, 0) is 0 Å². The van der Waals surface area contributed by atoms with Crippen LogP contribution in [0.1, 0.15) is 5.69 Å². The SMILES string of the molecule is Cc1cc(Nc2c(F)cccc2F)nc(Nc2ccccc2Br)n1. The summed E-state index contributed by atoms with van der Waals surface area (Å²) in [5.74, 6) is -0.764. The predicted octanol–water partition coefficient (Wildman–Crippen LogP) is 5.31. The molecule has 0 aliphatic heterocycles. The molecule has 0 atom stereocenters. The monoisotopic (exact) mass is 390 g/mol. The van der Waals surface area contributed by atoms with Crippen LogP contribution in [-0.4, -0.2) is 9.97 Å². The van der Waals surface area contributed by atoms with Crippen LogP contribution in [0.25, 0.3) is 0 Å². The third-order valence-electron chi connectivity index (χ3n) is 3.19. The van der Waals surface area contributed by atoms with Gasteiger partial charge in [-0.05, 0) is 47.1 Å². The fraction of sp³-hybridized carbons (Fsp3) is 0.0588. The van der Waals surface area contributed by atoms with E-state index in [2.05, 4.69) is 36.5 Å². The number of aromatic nitrogens is 2. The molecule has 2 N–H and O–H groups in total. The van der Waals surface area contributed by atoms with E-state index < -0.39 is 11.6 Å². The second-order valence-corrected chi connectivity index (χ2v) is 5.90. The second-order valence-electron chi connectivity index (χ2n) is 5.04. The molecular weight excluding hydrogens is 378 g/mol. The molecule has 3 aromatic rings. The van der Waals surface area contributed by atoms with Crippen molar-refractivity contribution in [2.45, 2.75) is 6.92 Å². The molecule has 0 amide bonds. The van der Waals surface area contributed by atoms with Gasteiger partial charge in [-0.1, -0.05) is 18.2 Å². The Kier molecular flexibility index (Phi) is 4.71. The maximum atomic E-state index is 13.8. The number of para-hydroxylation sites is 2.